The van der Waals surface area contributed by atoms with Crippen molar-refractivity contribution >= 4 is 16.7 Å². The lowest BCUT2D eigenvalue weighted by Gasteiger charge is -2.18. The molecular weight excluding hydrogens is 314 g/mol. The maximum Gasteiger partial charge on any atom is 0.162 e. The van der Waals surface area contributed by atoms with Gasteiger partial charge in [-0.2, -0.15) is 0 Å². The standard InChI is InChI=1S/C20H23N3O2/c1-12-7-6-8-15(9-12)13(2)21-20-16-10-18(24-4)19(25-5)11-17(16)22-14(3)23-20/h6-11,13H,1-5H3,(H,21,22,23)/t13-/m1/s1. The number of aromatic nitrogens is 2. The Morgan fingerprint density at radius 1 is 0.960 bits per heavy atom. The van der Waals surface area contributed by atoms with E-state index in [1.165, 1.54) is 11.1 Å². The lowest BCUT2D eigenvalue weighted by atomic mass is 10.1. The highest BCUT2D eigenvalue weighted by molar-refractivity contribution is 5.92. The second-order valence-electron chi connectivity index (χ2n) is 6.12. The van der Waals surface area contributed by atoms with Crippen molar-refractivity contribution in [2.75, 3.05) is 19.5 Å². The monoisotopic (exact) mass is 337 g/mol. The molecule has 5 heteroatoms. The zero-order valence-electron chi connectivity index (χ0n) is 15.3. The SMILES string of the molecule is COc1cc2nc(C)nc(N[C@H](C)c3cccc(C)c3)c2cc1OC. The Balaban J connectivity index is 2.05. The summed E-state index contributed by atoms with van der Waals surface area (Å²) < 4.78 is 10.8. The molecule has 3 rings (SSSR count). The lowest BCUT2D eigenvalue weighted by Crippen LogP contribution is -2.10. The van der Waals surface area contributed by atoms with Crippen LogP contribution in [0.1, 0.15) is 29.9 Å². The van der Waals surface area contributed by atoms with Gasteiger partial charge in [-0.15, -0.1) is 0 Å². The van der Waals surface area contributed by atoms with E-state index in [0.29, 0.717) is 17.3 Å². The lowest BCUT2D eigenvalue weighted by molar-refractivity contribution is 0.356. The number of benzene rings is 2. The fourth-order valence-electron chi connectivity index (χ4n) is 2.91. The quantitative estimate of drug-likeness (QED) is 0.746. The van der Waals surface area contributed by atoms with Gasteiger partial charge in [0.15, 0.2) is 11.5 Å². The first-order valence-electron chi connectivity index (χ1n) is 8.25. The third-order valence-corrected chi connectivity index (χ3v) is 4.21. The van der Waals surface area contributed by atoms with Gasteiger partial charge in [0.05, 0.1) is 19.7 Å². The molecule has 0 spiro atoms. The van der Waals surface area contributed by atoms with E-state index in [9.17, 15) is 0 Å². The number of rotatable bonds is 5. The Labute approximate surface area is 148 Å². The number of nitrogens with one attached hydrogen (secondary N) is 1. The van der Waals surface area contributed by atoms with E-state index >= 15 is 0 Å². The molecule has 0 aliphatic heterocycles. The maximum absolute atomic E-state index is 5.43. The van der Waals surface area contributed by atoms with Crippen molar-refractivity contribution < 1.29 is 9.47 Å². The van der Waals surface area contributed by atoms with Crippen molar-refractivity contribution in [3.8, 4) is 11.5 Å². The van der Waals surface area contributed by atoms with Crippen molar-refractivity contribution in [1.82, 2.24) is 9.97 Å². The molecule has 0 amide bonds. The number of anilines is 1. The molecule has 1 N–H and O–H groups in total. The summed E-state index contributed by atoms with van der Waals surface area (Å²) in [4.78, 5) is 9.13. The highest BCUT2D eigenvalue weighted by Gasteiger charge is 2.14. The van der Waals surface area contributed by atoms with Gasteiger partial charge in [-0.25, -0.2) is 9.97 Å². The van der Waals surface area contributed by atoms with E-state index in [1.807, 2.05) is 19.1 Å². The molecule has 0 saturated heterocycles. The summed E-state index contributed by atoms with van der Waals surface area (Å²) in [6.07, 6.45) is 0. The Hall–Kier alpha value is -2.82. The minimum Gasteiger partial charge on any atom is -0.493 e. The van der Waals surface area contributed by atoms with Crippen LogP contribution in [0.15, 0.2) is 36.4 Å². The van der Waals surface area contributed by atoms with Gasteiger partial charge in [-0.1, -0.05) is 29.8 Å². The number of aryl methyl sites for hydroxylation is 2. The van der Waals surface area contributed by atoms with E-state index in [2.05, 4.69) is 53.4 Å². The molecule has 1 atom stereocenters. The van der Waals surface area contributed by atoms with Crippen LogP contribution < -0.4 is 14.8 Å². The Kier molecular flexibility index (Phi) is 4.74. The van der Waals surface area contributed by atoms with Crippen molar-refractivity contribution in [3.63, 3.8) is 0 Å². The Bertz CT molecular complexity index is 909. The van der Waals surface area contributed by atoms with E-state index in [0.717, 1.165) is 16.7 Å². The first-order valence-corrected chi connectivity index (χ1v) is 8.25. The number of fused-ring (bicyclic) bond motifs is 1. The summed E-state index contributed by atoms with van der Waals surface area (Å²) in [7, 11) is 3.25. The molecule has 0 aliphatic carbocycles. The van der Waals surface area contributed by atoms with Crippen molar-refractivity contribution in [2.45, 2.75) is 26.8 Å². The van der Waals surface area contributed by atoms with Crippen LogP contribution >= 0.6 is 0 Å². The Morgan fingerprint density at radius 2 is 1.68 bits per heavy atom. The summed E-state index contributed by atoms with van der Waals surface area (Å²) in [5, 5.41) is 4.42. The molecule has 0 radical (unpaired) electrons. The maximum atomic E-state index is 5.43. The van der Waals surface area contributed by atoms with E-state index in [1.54, 1.807) is 14.2 Å². The number of hydrogen-bond donors (Lipinski definition) is 1. The first kappa shape index (κ1) is 17.0. The van der Waals surface area contributed by atoms with Crippen LogP contribution in [-0.4, -0.2) is 24.2 Å². The van der Waals surface area contributed by atoms with Crippen LogP contribution in [0.2, 0.25) is 0 Å². The summed E-state index contributed by atoms with van der Waals surface area (Å²) in [5.41, 5.74) is 3.27. The fourth-order valence-corrected chi connectivity index (χ4v) is 2.91. The zero-order valence-corrected chi connectivity index (χ0v) is 15.3. The second kappa shape index (κ2) is 6.97. The zero-order chi connectivity index (χ0) is 18.0. The molecule has 2 aromatic carbocycles. The topological polar surface area (TPSA) is 56.3 Å². The summed E-state index contributed by atoms with van der Waals surface area (Å²) >= 11 is 0. The summed E-state index contributed by atoms with van der Waals surface area (Å²) in [6.45, 7) is 6.11. The fraction of sp³-hybridized carbons (Fsp3) is 0.300. The minimum absolute atomic E-state index is 0.116. The molecule has 0 aliphatic rings. The van der Waals surface area contributed by atoms with Gasteiger partial charge < -0.3 is 14.8 Å². The molecule has 25 heavy (non-hydrogen) atoms. The summed E-state index contributed by atoms with van der Waals surface area (Å²) in [5.74, 6) is 2.82. The van der Waals surface area contributed by atoms with Gasteiger partial charge in [0.25, 0.3) is 0 Å². The molecule has 0 bridgehead atoms. The van der Waals surface area contributed by atoms with Crippen molar-refractivity contribution in [1.29, 1.82) is 0 Å². The van der Waals surface area contributed by atoms with Crippen LogP contribution in [0, 0.1) is 13.8 Å². The van der Waals surface area contributed by atoms with Gasteiger partial charge in [0.1, 0.15) is 11.6 Å². The average Bonchev–Trinajstić information content (AvgIpc) is 2.60. The van der Waals surface area contributed by atoms with E-state index in [-0.39, 0.29) is 6.04 Å². The molecule has 3 aromatic rings. The number of methoxy groups -OCH3 is 2. The largest absolute Gasteiger partial charge is 0.493 e. The van der Waals surface area contributed by atoms with E-state index < -0.39 is 0 Å². The molecule has 0 saturated carbocycles. The first-order chi connectivity index (χ1) is 12.0. The number of nitrogens with zero attached hydrogens (tertiary/aromatic N) is 2. The molecule has 1 heterocycles. The van der Waals surface area contributed by atoms with Gasteiger partial charge >= 0.3 is 0 Å². The smallest absolute Gasteiger partial charge is 0.162 e. The van der Waals surface area contributed by atoms with Crippen LogP contribution in [0.4, 0.5) is 5.82 Å². The molecule has 130 valence electrons. The third-order valence-electron chi connectivity index (χ3n) is 4.21. The summed E-state index contributed by atoms with van der Waals surface area (Å²) in [6, 6.07) is 12.4. The number of hydrogen-bond acceptors (Lipinski definition) is 5. The highest BCUT2D eigenvalue weighted by atomic mass is 16.5. The minimum atomic E-state index is 0.116. The molecular formula is C20H23N3O2. The van der Waals surface area contributed by atoms with Crippen LogP contribution in [0.25, 0.3) is 10.9 Å². The third kappa shape index (κ3) is 3.50. The van der Waals surface area contributed by atoms with E-state index in [4.69, 9.17) is 9.47 Å². The molecule has 5 nitrogen and oxygen atoms in total. The highest BCUT2D eigenvalue weighted by Crippen LogP contribution is 2.35. The predicted molar refractivity (Wildman–Crippen MR) is 101 cm³/mol. The normalized spacial score (nSPS) is 12.0. The van der Waals surface area contributed by atoms with Crippen molar-refractivity contribution in [2.24, 2.45) is 0 Å². The molecule has 1 aromatic heterocycles. The second-order valence-corrected chi connectivity index (χ2v) is 6.12. The predicted octanol–water partition coefficient (Wildman–Crippen LogP) is 4.44. The number of ether oxygens (including phenoxy) is 2. The van der Waals surface area contributed by atoms with Crippen molar-refractivity contribution in [3.05, 3.63) is 53.3 Å². The van der Waals surface area contributed by atoms with Crippen LogP contribution in [-0.2, 0) is 0 Å². The van der Waals surface area contributed by atoms with Gasteiger partial charge in [-0.05, 0) is 32.4 Å². The van der Waals surface area contributed by atoms with Crippen LogP contribution in [0.5, 0.6) is 11.5 Å². The van der Waals surface area contributed by atoms with Gasteiger partial charge in [-0.3, -0.25) is 0 Å². The van der Waals surface area contributed by atoms with Gasteiger partial charge in [0.2, 0.25) is 0 Å². The van der Waals surface area contributed by atoms with Crippen LogP contribution in [0.3, 0.4) is 0 Å². The Morgan fingerprint density at radius 3 is 2.36 bits per heavy atom. The molecule has 0 unspecified atom stereocenters. The average molecular weight is 337 g/mol. The van der Waals surface area contributed by atoms with Gasteiger partial charge in [0, 0.05) is 17.5 Å². The molecule has 0 fully saturated rings.